The van der Waals surface area contributed by atoms with Gasteiger partial charge in [0.1, 0.15) is 0 Å². The van der Waals surface area contributed by atoms with Crippen molar-refractivity contribution in [1.29, 1.82) is 0 Å². The molecule has 90 valence electrons. The number of nitrogens with zero attached hydrogens (tertiary/aromatic N) is 1. The summed E-state index contributed by atoms with van der Waals surface area (Å²) in [5.41, 5.74) is 1.27. The first-order valence-corrected chi connectivity index (χ1v) is 5.82. The first-order chi connectivity index (χ1) is 7.40. The van der Waals surface area contributed by atoms with Crippen LogP contribution in [0, 0.1) is 18.8 Å². The summed E-state index contributed by atoms with van der Waals surface area (Å²) in [7, 11) is 0. The molecule has 0 radical (unpaired) electrons. The molecule has 1 atom stereocenters. The molecule has 1 aromatic rings. The highest BCUT2D eigenvalue weighted by molar-refractivity contribution is 5.15. The van der Waals surface area contributed by atoms with Gasteiger partial charge in [0, 0.05) is 6.07 Å². The van der Waals surface area contributed by atoms with Crippen molar-refractivity contribution in [1.82, 2.24) is 4.73 Å². The molecule has 16 heavy (non-hydrogen) atoms. The van der Waals surface area contributed by atoms with E-state index < -0.39 is 0 Å². The maximum absolute atomic E-state index is 11.4. The Labute approximate surface area is 96.7 Å². The van der Waals surface area contributed by atoms with Gasteiger partial charge in [-0.05, 0) is 43.2 Å². The van der Waals surface area contributed by atoms with Crippen molar-refractivity contribution >= 4 is 0 Å². The summed E-state index contributed by atoms with van der Waals surface area (Å²) in [6.07, 6.45) is 1.84. The smallest absolute Gasteiger partial charge is 0.283 e. The molecule has 0 aliphatic carbocycles. The molecule has 0 fully saturated rings. The minimum Gasteiger partial charge on any atom is -0.425 e. The number of hydrogen-bond donors (Lipinski definition) is 1. The van der Waals surface area contributed by atoms with Crippen molar-refractivity contribution in [3.63, 3.8) is 0 Å². The van der Waals surface area contributed by atoms with Gasteiger partial charge in [0.2, 0.25) is 0 Å². The molecule has 1 unspecified atom stereocenters. The fourth-order valence-corrected chi connectivity index (χ4v) is 2.15. The first kappa shape index (κ1) is 12.8. The number of hydrogen-bond acceptors (Lipinski definition) is 2. The van der Waals surface area contributed by atoms with Crippen LogP contribution in [0.15, 0.2) is 16.9 Å². The standard InChI is InChI=1S/C13H21NO2/c1-9(2)5-10(3)6-12-7-11(4)8-13(15)14(12)16/h7-10,16H,5-6H2,1-4H3. The summed E-state index contributed by atoms with van der Waals surface area (Å²) in [6.45, 7) is 8.38. The molecular formula is C13H21NO2. The Morgan fingerprint density at radius 3 is 2.50 bits per heavy atom. The lowest BCUT2D eigenvalue weighted by atomic mass is 9.94. The van der Waals surface area contributed by atoms with E-state index in [0.29, 0.717) is 17.5 Å². The Kier molecular flexibility index (Phi) is 4.16. The second kappa shape index (κ2) is 5.19. The summed E-state index contributed by atoms with van der Waals surface area (Å²) < 4.78 is 0.768. The lowest BCUT2D eigenvalue weighted by molar-refractivity contribution is 0.161. The van der Waals surface area contributed by atoms with E-state index >= 15 is 0 Å². The Morgan fingerprint density at radius 2 is 1.94 bits per heavy atom. The predicted molar refractivity (Wildman–Crippen MR) is 64.9 cm³/mol. The molecule has 1 N–H and O–H groups in total. The van der Waals surface area contributed by atoms with E-state index in [9.17, 15) is 10.0 Å². The van der Waals surface area contributed by atoms with Gasteiger partial charge in [-0.25, -0.2) is 0 Å². The second-order valence-electron chi connectivity index (χ2n) is 5.11. The van der Waals surface area contributed by atoms with Crippen molar-refractivity contribution in [2.45, 2.75) is 40.5 Å². The molecule has 3 nitrogen and oxygen atoms in total. The highest BCUT2D eigenvalue weighted by atomic mass is 16.5. The number of rotatable bonds is 4. The Hall–Kier alpha value is -1.25. The van der Waals surface area contributed by atoms with Crippen LogP contribution >= 0.6 is 0 Å². The lowest BCUT2D eigenvalue weighted by Crippen LogP contribution is -2.22. The van der Waals surface area contributed by atoms with Gasteiger partial charge in [-0.15, -0.1) is 0 Å². The summed E-state index contributed by atoms with van der Waals surface area (Å²) in [6, 6.07) is 3.31. The Balaban J connectivity index is 2.85. The molecule has 3 heteroatoms. The molecule has 0 spiro atoms. The van der Waals surface area contributed by atoms with Crippen molar-refractivity contribution in [2.75, 3.05) is 0 Å². The van der Waals surface area contributed by atoms with E-state index in [1.165, 1.54) is 6.07 Å². The van der Waals surface area contributed by atoms with Gasteiger partial charge in [0.15, 0.2) is 0 Å². The van der Waals surface area contributed by atoms with Crippen LogP contribution in [0.4, 0.5) is 0 Å². The maximum Gasteiger partial charge on any atom is 0.283 e. The lowest BCUT2D eigenvalue weighted by Gasteiger charge is -2.15. The van der Waals surface area contributed by atoms with E-state index in [2.05, 4.69) is 20.8 Å². The van der Waals surface area contributed by atoms with Crippen LogP contribution in [0.5, 0.6) is 0 Å². The van der Waals surface area contributed by atoms with Gasteiger partial charge in [0.25, 0.3) is 5.56 Å². The topological polar surface area (TPSA) is 42.2 Å². The van der Waals surface area contributed by atoms with Crippen LogP contribution in [-0.4, -0.2) is 9.94 Å². The van der Waals surface area contributed by atoms with E-state index in [1.54, 1.807) is 0 Å². The van der Waals surface area contributed by atoms with Gasteiger partial charge in [-0.2, -0.15) is 4.73 Å². The van der Waals surface area contributed by atoms with Crippen LogP contribution in [0.3, 0.4) is 0 Å². The fraction of sp³-hybridized carbons (Fsp3) is 0.615. The number of aryl methyl sites for hydroxylation is 1. The minimum absolute atomic E-state index is 0.341. The van der Waals surface area contributed by atoms with Gasteiger partial charge in [0.05, 0.1) is 5.69 Å². The van der Waals surface area contributed by atoms with Crippen LogP contribution in [-0.2, 0) is 6.42 Å². The van der Waals surface area contributed by atoms with E-state index in [-0.39, 0.29) is 5.56 Å². The van der Waals surface area contributed by atoms with Crippen LogP contribution < -0.4 is 5.56 Å². The summed E-state index contributed by atoms with van der Waals surface area (Å²) in [5.74, 6) is 1.11. The van der Waals surface area contributed by atoms with Crippen LogP contribution in [0.25, 0.3) is 0 Å². The maximum atomic E-state index is 11.4. The number of pyridine rings is 1. The largest absolute Gasteiger partial charge is 0.425 e. The van der Waals surface area contributed by atoms with Gasteiger partial charge < -0.3 is 5.21 Å². The monoisotopic (exact) mass is 223 g/mol. The summed E-state index contributed by atoms with van der Waals surface area (Å²) in [4.78, 5) is 11.4. The Morgan fingerprint density at radius 1 is 1.31 bits per heavy atom. The molecule has 0 saturated heterocycles. The van der Waals surface area contributed by atoms with E-state index in [4.69, 9.17) is 0 Å². The third-order valence-electron chi connectivity index (χ3n) is 2.66. The van der Waals surface area contributed by atoms with Crippen LogP contribution in [0.2, 0.25) is 0 Å². The molecular weight excluding hydrogens is 202 g/mol. The Bertz CT molecular complexity index is 407. The van der Waals surface area contributed by atoms with Gasteiger partial charge >= 0.3 is 0 Å². The molecule has 0 amide bonds. The van der Waals surface area contributed by atoms with Crippen molar-refractivity contribution in [3.8, 4) is 0 Å². The number of aromatic nitrogens is 1. The average molecular weight is 223 g/mol. The van der Waals surface area contributed by atoms with Gasteiger partial charge in [-0.3, -0.25) is 4.79 Å². The highest BCUT2D eigenvalue weighted by Crippen LogP contribution is 2.16. The SMILES string of the molecule is Cc1cc(CC(C)CC(C)C)n(O)c(=O)c1. The third kappa shape index (κ3) is 3.40. The normalized spacial score (nSPS) is 13.1. The molecule has 0 aliphatic rings. The molecule has 0 aromatic carbocycles. The zero-order chi connectivity index (χ0) is 12.3. The molecule has 0 aliphatic heterocycles. The molecule has 1 heterocycles. The summed E-state index contributed by atoms with van der Waals surface area (Å²) in [5, 5.41) is 9.61. The van der Waals surface area contributed by atoms with E-state index in [1.807, 2.05) is 13.0 Å². The van der Waals surface area contributed by atoms with Crippen molar-refractivity contribution in [3.05, 3.63) is 33.7 Å². The zero-order valence-corrected chi connectivity index (χ0v) is 10.5. The second-order valence-corrected chi connectivity index (χ2v) is 5.11. The summed E-state index contributed by atoms with van der Waals surface area (Å²) >= 11 is 0. The predicted octanol–water partition coefficient (Wildman–Crippen LogP) is 2.62. The zero-order valence-electron chi connectivity index (χ0n) is 10.5. The van der Waals surface area contributed by atoms with Crippen LogP contribution in [0.1, 0.15) is 38.4 Å². The molecule has 0 saturated carbocycles. The molecule has 0 bridgehead atoms. The van der Waals surface area contributed by atoms with Gasteiger partial charge in [-0.1, -0.05) is 20.8 Å². The molecule has 1 aromatic heterocycles. The van der Waals surface area contributed by atoms with E-state index in [0.717, 1.165) is 23.1 Å². The molecule has 1 rings (SSSR count). The van der Waals surface area contributed by atoms with Crippen molar-refractivity contribution < 1.29 is 5.21 Å². The average Bonchev–Trinajstić information content (AvgIpc) is 2.11. The fourth-order valence-electron chi connectivity index (χ4n) is 2.15. The third-order valence-corrected chi connectivity index (χ3v) is 2.66. The van der Waals surface area contributed by atoms with Crippen molar-refractivity contribution in [2.24, 2.45) is 11.8 Å². The first-order valence-electron chi connectivity index (χ1n) is 5.82. The minimum atomic E-state index is -0.341. The highest BCUT2D eigenvalue weighted by Gasteiger charge is 2.10. The quantitative estimate of drug-likeness (QED) is 0.797.